The predicted octanol–water partition coefficient (Wildman–Crippen LogP) is 4.29. The Labute approximate surface area is 121 Å². The molecule has 2 heteroatoms. The Morgan fingerprint density at radius 3 is 2.84 bits per heavy atom. The van der Waals surface area contributed by atoms with Gasteiger partial charge in [0.15, 0.2) is 0 Å². The summed E-state index contributed by atoms with van der Waals surface area (Å²) in [4.78, 5) is 1.52. The van der Waals surface area contributed by atoms with Crippen molar-refractivity contribution in [1.29, 1.82) is 0 Å². The molecule has 1 aliphatic carbocycles. The Morgan fingerprint density at radius 2 is 2.11 bits per heavy atom. The van der Waals surface area contributed by atoms with Crippen LogP contribution in [0.2, 0.25) is 0 Å². The second-order valence-electron chi connectivity index (χ2n) is 6.46. The van der Waals surface area contributed by atoms with E-state index in [4.69, 9.17) is 0 Å². The molecule has 1 aromatic rings. The molecule has 1 fully saturated rings. The lowest BCUT2D eigenvalue weighted by atomic mass is 9.75. The van der Waals surface area contributed by atoms with Crippen LogP contribution >= 0.6 is 11.8 Å². The van der Waals surface area contributed by atoms with Crippen molar-refractivity contribution in [3.63, 3.8) is 0 Å². The first-order valence-electron chi connectivity index (χ1n) is 7.65. The molecule has 2 unspecified atom stereocenters. The standard InChI is InChI=1S/C17H25NS/c1-3-18-12-17(2,14-8-9-14)10-13-11-19-16-7-5-4-6-15(13)16/h4-7,13-14,18H,3,8-12H2,1-2H3. The minimum absolute atomic E-state index is 0.499. The second kappa shape index (κ2) is 5.49. The third-order valence-corrected chi connectivity index (χ3v) is 6.11. The summed E-state index contributed by atoms with van der Waals surface area (Å²) in [6.07, 6.45) is 4.25. The van der Waals surface area contributed by atoms with Crippen molar-refractivity contribution in [3.8, 4) is 0 Å². The van der Waals surface area contributed by atoms with E-state index in [2.05, 4.69) is 55.2 Å². The molecule has 0 saturated heterocycles. The molecule has 0 amide bonds. The zero-order valence-corrected chi connectivity index (χ0v) is 12.9. The zero-order chi connectivity index (χ0) is 13.3. The van der Waals surface area contributed by atoms with Crippen molar-refractivity contribution in [1.82, 2.24) is 5.32 Å². The van der Waals surface area contributed by atoms with Gasteiger partial charge in [0.2, 0.25) is 0 Å². The molecule has 0 spiro atoms. The molecule has 104 valence electrons. The molecule has 1 heterocycles. The first kappa shape index (κ1) is 13.5. The molecule has 0 radical (unpaired) electrons. The highest BCUT2D eigenvalue weighted by Gasteiger charge is 2.43. The molecule has 19 heavy (non-hydrogen) atoms. The van der Waals surface area contributed by atoms with E-state index in [0.717, 1.165) is 18.4 Å². The molecule has 0 aromatic heterocycles. The highest BCUT2D eigenvalue weighted by molar-refractivity contribution is 7.99. The highest BCUT2D eigenvalue weighted by atomic mass is 32.2. The van der Waals surface area contributed by atoms with Gasteiger partial charge in [-0.2, -0.15) is 0 Å². The Balaban J connectivity index is 1.73. The van der Waals surface area contributed by atoms with Gasteiger partial charge in [0.05, 0.1) is 0 Å². The number of fused-ring (bicyclic) bond motifs is 1. The average molecular weight is 275 g/mol. The van der Waals surface area contributed by atoms with E-state index in [1.54, 1.807) is 5.56 Å². The average Bonchev–Trinajstić information content (AvgIpc) is 3.21. The number of benzene rings is 1. The summed E-state index contributed by atoms with van der Waals surface area (Å²) in [5.74, 6) is 3.02. The van der Waals surface area contributed by atoms with E-state index in [9.17, 15) is 0 Å². The van der Waals surface area contributed by atoms with Crippen LogP contribution in [0.5, 0.6) is 0 Å². The van der Waals surface area contributed by atoms with Crippen LogP contribution in [0.1, 0.15) is 44.6 Å². The van der Waals surface area contributed by atoms with Gasteiger partial charge in [-0.25, -0.2) is 0 Å². The van der Waals surface area contributed by atoms with E-state index < -0.39 is 0 Å². The summed E-state index contributed by atoms with van der Waals surface area (Å²) in [7, 11) is 0. The first-order valence-corrected chi connectivity index (χ1v) is 8.64. The van der Waals surface area contributed by atoms with Crippen molar-refractivity contribution in [3.05, 3.63) is 29.8 Å². The van der Waals surface area contributed by atoms with Crippen molar-refractivity contribution < 1.29 is 0 Å². The molecule has 2 atom stereocenters. The number of thioether (sulfide) groups is 1. The highest BCUT2D eigenvalue weighted by Crippen LogP contribution is 2.52. The van der Waals surface area contributed by atoms with E-state index >= 15 is 0 Å². The van der Waals surface area contributed by atoms with E-state index in [-0.39, 0.29) is 0 Å². The van der Waals surface area contributed by atoms with Gasteiger partial charge < -0.3 is 5.32 Å². The second-order valence-corrected chi connectivity index (χ2v) is 7.52. The summed E-state index contributed by atoms with van der Waals surface area (Å²) in [5, 5.41) is 3.60. The zero-order valence-electron chi connectivity index (χ0n) is 12.1. The van der Waals surface area contributed by atoms with Crippen molar-refractivity contribution in [2.75, 3.05) is 18.8 Å². The van der Waals surface area contributed by atoms with E-state index in [1.165, 1.54) is 36.5 Å². The van der Waals surface area contributed by atoms with Crippen LogP contribution in [0.25, 0.3) is 0 Å². The fourth-order valence-corrected chi connectivity index (χ4v) is 4.79. The monoisotopic (exact) mass is 275 g/mol. The number of hydrogen-bond donors (Lipinski definition) is 1. The van der Waals surface area contributed by atoms with Crippen LogP contribution in [-0.2, 0) is 0 Å². The van der Waals surface area contributed by atoms with Gasteiger partial charge >= 0.3 is 0 Å². The number of nitrogens with one attached hydrogen (secondary N) is 1. The summed E-state index contributed by atoms with van der Waals surface area (Å²) >= 11 is 2.05. The maximum atomic E-state index is 3.60. The number of rotatable bonds is 6. The molecule has 1 saturated carbocycles. The molecule has 2 aliphatic rings. The third-order valence-electron chi connectivity index (χ3n) is 4.85. The Morgan fingerprint density at radius 1 is 1.32 bits per heavy atom. The maximum Gasteiger partial charge on any atom is 0.0107 e. The molecule has 0 bridgehead atoms. The lowest BCUT2D eigenvalue weighted by Crippen LogP contribution is -2.35. The van der Waals surface area contributed by atoms with Crippen LogP contribution in [0.4, 0.5) is 0 Å². The van der Waals surface area contributed by atoms with Gasteiger partial charge in [-0.15, -0.1) is 11.8 Å². The van der Waals surface area contributed by atoms with Gasteiger partial charge in [-0.05, 0) is 54.7 Å². The van der Waals surface area contributed by atoms with Crippen LogP contribution in [0.3, 0.4) is 0 Å². The van der Waals surface area contributed by atoms with Gasteiger partial charge in [0, 0.05) is 17.2 Å². The van der Waals surface area contributed by atoms with Gasteiger partial charge in [-0.3, -0.25) is 0 Å². The van der Waals surface area contributed by atoms with Gasteiger partial charge in [0.25, 0.3) is 0 Å². The Kier molecular flexibility index (Phi) is 3.91. The Bertz CT molecular complexity index is 441. The van der Waals surface area contributed by atoms with Crippen molar-refractivity contribution >= 4 is 11.8 Å². The summed E-state index contributed by atoms with van der Waals surface area (Å²) in [6.45, 7) is 7.02. The lowest BCUT2D eigenvalue weighted by Gasteiger charge is -2.33. The van der Waals surface area contributed by atoms with E-state index in [0.29, 0.717) is 5.41 Å². The molecule has 1 aromatic carbocycles. The van der Waals surface area contributed by atoms with Crippen LogP contribution < -0.4 is 5.32 Å². The molecule has 3 rings (SSSR count). The summed E-state index contributed by atoms with van der Waals surface area (Å²) < 4.78 is 0. The predicted molar refractivity (Wildman–Crippen MR) is 83.9 cm³/mol. The van der Waals surface area contributed by atoms with Gasteiger partial charge in [0.1, 0.15) is 0 Å². The first-order chi connectivity index (χ1) is 9.23. The maximum absolute atomic E-state index is 3.60. The molecule has 1 nitrogen and oxygen atoms in total. The quantitative estimate of drug-likeness (QED) is 0.831. The topological polar surface area (TPSA) is 12.0 Å². The van der Waals surface area contributed by atoms with Crippen molar-refractivity contribution in [2.24, 2.45) is 11.3 Å². The Hall–Kier alpha value is -0.470. The SMILES string of the molecule is CCNCC(C)(CC1CSc2ccccc21)C1CC1. The van der Waals surface area contributed by atoms with Crippen LogP contribution in [0, 0.1) is 11.3 Å². The summed E-state index contributed by atoms with van der Waals surface area (Å²) in [6, 6.07) is 9.02. The fourth-order valence-electron chi connectivity index (χ4n) is 3.54. The van der Waals surface area contributed by atoms with Crippen LogP contribution in [-0.4, -0.2) is 18.8 Å². The third kappa shape index (κ3) is 2.85. The van der Waals surface area contributed by atoms with Gasteiger partial charge in [-0.1, -0.05) is 32.0 Å². The fraction of sp³-hybridized carbons (Fsp3) is 0.647. The normalized spacial score (nSPS) is 25.1. The number of hydrogen-bond acceptors (Lipinski definition) is 2. The minimum Gasteiger partial charge on any atom is -0.316 e. The van der Waals surface area contributed by atoms with Crippen molar-refractivity contribution in [2.45, 2.75) is 43.9 Å². The smallest absolute Gasteiger partial charge is 0.0107 e. The lowest BCUT2D eigenvalue weighted by molar-refractivity contribution is 0.224. The van der Waals surface area contributed by atoms with Crippen LogP contribution in [0.15, 0.2) is 29.2 Å². The molecular formula is C17H25NS. The molecule has 1 aliphatic heterocycles. The summed E-state index contributed by atoms with van der Waals surface area (Å²) in [5.41, 5.74) is 2.11. The van der Waals surface area contributed by atoms with E-state index in [1.807, 2.05) is 0 Å². The molecular weight excluding hydrogens is 250 g/mol. The minimum atomic E-state index is 0.499. The molecule has 1 N–H and O–H groups in total. The largest absolute Gasteiger partial charge is 0.316 e.